The first-order chi connectivity index (χ1) is 8.32. The second-order valence-corrected chi connectivity index (χ2v) is 5.51. The molecule has 0 aromatic heterocycles. The van der Waals surface area contributed by atoms with E-state index in [9.17, 15) is 9.59 Å². The van der Waals surface area contributed by atoms with Crippen LogP contribution in [-0.4, -0.2) is 16.9 Å². The highest BCUT2D eigenvalue weighted by atomic mass is 16.4. The van der Waals surface area contributed by atoms with Crippen LogP contribution in [0.2, 0.25) is 0 Å². The molecule has 3 heteroatoms. The SMILES string of the molecule is CC(C)(C)C(=O)C(CCC(=O)O)c1ccccc1. The van der Waals surface area contributed by atoms with Crippen molar-refractivity contribution in [3.05, 3.63) is 35.9 Å². The maximum atomic E-state index is 12.4. The van der Waals surface area contributed by atoms with Crippen molar-refractivity contribution >= 4 is 11.8 Å². The minimum Gasteiger partial charge on any atom is -0.481 e. The van der Waals surface area contributed by atoms with Crippen molar-refractivity contribution in [3.8, 4) is 0 Å². The van der Waals surface area contributed by atoms with Crippen molar-refractivity contribution in [1.29, 1.82) is 0 Å². The molecule has 1 aromatic carbocycles. The number of hydrogen-bond acceptors (Lipinski definition) is 2. The van der Waals surface area contributed by atoms with Gasteiger partial charge in [-0.15, -0.1) is 0 Å². The lowest BCUT2D eigenvalue weighted by Gasteiger charge is -2.24. The smallest absolute Gasteiger partial charge is 0.303 e. The lowest BCUT2D eigenvalue weighted by molar-refractivity contribution is -0.137. The van der Waals surface area contributed by atoms with Gasteiger partial charge in [0.2, 0.25) is 0 Å². The van der Waals surface area contributed by atoms with Crippen LogP contribution in [0.3, 0.4) is 0 Å². The third-order valence-electron chi connectivity index (χ3n) is 2.90. The first-order valence-corrected chi connectivity index (χ1v) is 6.13. The largest absolute Gasteiger partial charge is 0.481 e. The number of hydrogen-bond donors (Lipinski definition) is 1. The van der Waals surface area contributed by atoms with E-state index in [0.717, 1.165) is 5.56 Å². The Morgan fingerprint density at radius 3 is 2.17 bits per heavy atom. The van der Waals surface area contributed by atoms with Crippen LogP contribution in [0.5, 0.6) is 0 Å². The lowest BCUT2D eigenvalue weighted by Crippen LogP contribution is -2.27. The number of carboxylic acid groups (broad SMARTS) is 1. The van der Waals surface area contributed by atoms with Crippen molar-refractivity contribution in [2.45, 2.75) is 39.5 Å². The van der Waals surface area contributed by atoms with Crippen LogP contribution < -0.4 is 0 Å². The van der Waals surface area contributed by atoms with Gasteiger partial charge in [-0.05, 0) is 12.0 Å². The summed E-state index contributed by atoms with van der Waals surface area (Å²) in [4.78, 5) is 23.1. The summed E-state index contributed by atoms with van der Waals surface area (Å²) in [5.74, 6) is -1.10. The van der Waals surface area contributed by atoms with Gasteiger partial charge in [0.25, 0.3) is 0 Å². The molecule has 0 aliphatic rings. The quantitative estimate of drug-likeness (QED) is 0.870. The molecule has 98 valence electrons. The van der Waals surface area contributed by atoms with Gasteiger partial charge in [0.05, 0.1) is 0 Å². The molecule has 0 fully saturated rings. The van der Waals surface area contributed by atoms with Crippen LogP contribution in [0.25, 0.3) is 0 Å². The van der Waals surface area contributed by atoms with Crippen molar-refractivity contribution < 1.29 is 14.7 Å². The van der Waals surface area contributed by atoms with Gasteiger partial charge < -0.3 is 5.11 Å². The standard InChI is InChI=1S/C15H20O3/c1-15(2,3)14(18)12(9-10-13(16)17)11-7-5-4-6-8-11/h4-8,12H,9-10H2,1-3H3,(H,16,17). The van der Waals surface area contributed by atoms with Gasteiger partial charge in [-0.1, -0.05) is 51.1 Å². The molecule has 1 unspecified atom stereocenters. The molecule has 0 amide bonds. The van der Waals surface area contributed by atoms with E-state index in [1.54, 1.807) is 0 Å². The Bertz CT molecular complexity index is 415. The molecule has 1 rings (SSSR count). The molecule has 0 radical (unpaired) electrons. The summed E-state index contributed by atoms with van der Waals surface area (Å²) >= 11 is 0. The summed E-state index contributed by atoms with van der Waals surface area (Å²) in [6.45, 7) is 5.60. The third-order valence-corrected chi connectivity index (χ3v) is 2.90. The van der Waals surface area contributed by atoms with E-state index in [-0.39, 0.29) is 18.1 Å². The number of aliphatic carboxylic acids is 1. The summed E-state index contributed by atoms with van der Waals surface area (Å²) in [6, 6.07) is 9.41. The van der Waals surface area contributed by atoms with Crippen LogP contribution in [0.15, 0.2) is 30.3 Å². The number of carbonyl (C=O) groups excluding carboxylic acids is 1. The zero-order valence-corrected chi connectivity index (χ0v) is 11.1. The molecule has 0 aliphatic carbocycles. The normalized spacial score (nSPS) is 13.1. The fourth-order valence-corrected chi connectivity index (χ4v) is 1.92. The molecule has 18 heavy (non-hydrogen) atoms. The van der Waals surface area contributed by atoms with E-state index >= 15 is 0 Å². The van der Waals surface area contributed by atoms with Crippen LogP contribution >= 0.6 is 0 Å². The summed E-state index contributed by atoms with van der Waals surface area (Å²) in [5, 5.41) is 8.78. The predicted molar refractivity (Wildman–Crippen MR) is 70.5 cm³/mol. The van der Waals surface area contributed by atoms with Gasteiger partial charge in [-0.3, -0.25) is 9.59 Å². The summed E-state index contributed by atoms with van der Waals surface area (Å²) in [6.07, 6.45) is 0.372. The van der Waals surface area contributed by atoms with Gasteiger partial charge in [0.1, 0.15) is 5.78 Å². The summed E-state index contributed by atoms with van der Waals surface area (Å²) < 4.78 is 0. The number of carboxylic acids is 1. The topological polar surface area (TPSA) is 54.4 Å². The molecule has 0 aliphatic heterocycles. The Morgan fingerprint density at radius 1 is 1.17 bits per heavy atom. The van der Waals surface area contributed by atoms with Gasteiger partial charge in [-0.2, -0.15) is 0 Å². The van der Waals surface area contributed by atoms with Gasteiger partial charge in [0, 0.05) is 17.8 Å². The molecular weight excluding hydrogens is 228 g/mol. The number of Topliss-reactive ketones (excluding diaryl/α,β-unsaturated/α-hetero) is 1. The Kier molecular flexibility index (Phi) is 4.65. The van der Waals surface area contributed by atoms with Crippen molar-refractivity contribution in [2.75, 3.05) is 0 Å². The molecule has 0 saturated carbocycles. The van der Waals surface area contributed by atoms with Crippen LogP contribution in [0.4, 0.5) is 0 Å². The molecule has 1 atom stereocenters. The molecule has 0 spiro atoms. The molecule has 0 heterocycles. The molecule has 3 nitrogen and oxygen atoms in total. The van der Waals surface area contributed by atoms with Crippen LogP contribution in [0, 0.1) is 5.41 Å². The number of rotatable bonds is 5. The van der Waals surface area contributed by atoms with E-state index in [4.69, 9.17) is 5.11 Å². The van der Waals surface area contributed by atoms with Gasteiger partial charge in [0.15, 0.2) is 0 Å². The van der Waals surface area contributed by atoms with Crippen molar-refractivity contribution in [3.63, 3.8) is 0 Å². The minimum atomic E-state index is -0.863. The van der Waals surface area contributed by atoms with Gasteiger partial charge >= 0.3 is 5.97 Å². The lowest BCUT2D eigenvalue weighted by atomic mass is 9.78. The number of benzene rings is 1. The average molecular weight is 248 g/mol. The van der Waals surface area contributed by atoms with Crippen LogP contribution in [0.1, 0.15) is 45.1 Å². The Morgan fingerprint density at radius 2 is 1.72 bits per heavy atom. The van der Waals surface area contributed by atoms with Crippen molar-refractivity contribution in [1.82, 2.24) is 0 Å². The fourth-order valence-electron chi connectivity index (χ4n) is 1.92. The number of carbonyl (C=O) groups is 2. The highest BCUT2D eigenvalue weighted by Gasteiger charge is 2.30. The molecular formula is C15H20O3. The average Bonchev–Trinajstić information content (AvgIpc) is 2.29. The first-order valence-electron chi connectivity index (χ1n) is 6.13. The maximum absolute atomic E-state index is 12.4. The summed E-state index contributed by atoms with van der Waals surface area (Å²) in [5.41, 5.74) is 0.442. The second kappa shape index (κ2) is 5.80. The minimum absolute atomic E-state index is 0.0153. The fraction of sp³-hybridized carbons (Fsp3) is 0.467. The molecule has 0 saturated heterocycles. The van der Waals surface area contributed by atoms with Crippen LogP contribution in [-0.2, 0) is 9.59 Å². The summed E-state index contributed by atoms with van der Waals surface area (Å²) in [7, 11) is 0. The van der Waals surface area contributed by atoms with E-state index < -0.39 is 11.4 Å². The van der Waals surface area contributed by atoms with E-state index in [1.165, 1.54) is 0 Å². The van der Waals surface area contributed by atoms with Crippen molar-refractivity contribution in [2.24, 2.45) is 5.41 Å². The monoisotopic (exact) mass is 248 g/mol. The zero-order chi connectivity index (χ0) is 13.8. The van der Waals surface area contributed by atoms with E-state index in [2.05, 4.69) is 0 Å². The Balaban J connectivity index is 2.96. The molecule has 1 N–H and O–H groups in total. The second-order valence-electron chi connectivity index (χ2n) is 5.51. The highest BCUT2D eigenvalue weighted by molar-refractivity contribution is 5.90. The maximum Gasteiger partial charge on any atom is 0.303 e. The molecule has 1 aromatic rings. The molecule has 0 bridgehead atoms. The highest BCUT2D eigenvalue weighted by Crippen LogP contribution is 2.30. The Hall–Kier alpha value is -1.64. The van der Waals surface area contributed by atoms with E-state index in [0.29, 0.717) is 6.42 Å². The number of ketones is 1. The third kappa shape index (κ3) is 3.99. The van der Waals surface area contributed by atoms with Gasteiger partial charge in [-0.25, -0.2) is 0 Å². The first kappa shape index (κ1) is 14.4. The zero-order valence-electron chi connectivity index (χ0n) is 11.1. The van der Waals surface area contributed by atoms with E-state index in [1.807, 2.05) is 51.1 Å². The predicted octanol–water partition coefficient (Wildman–Crippen LogP) is 3.25. The Labute approximate surface area is 108 Å².